The van der Waals surface area contributed by atoms with E-state index < -0.39 is 8.80 Å². The van der Waals surface area contributed by atoms with Gasteiger partial charge in [-0.2, -0.15) is 0 Å². The quantitative estimate of drug-likeness (QED) is 0.391. The molecule has 0 spiro atoms. The highest BCUT2D eigenvalue weighted by Crippen LogP contribution is 2.29. The molecule has 1 atom stereocenters. The zero-order valence-electron chi connectivity index (χ0n) is 14.4. The lowest BCUT2D eigenvalue weighted by molar-refractivity contribution is 0.0534. The average molecular weight is 470 g/mol. The Labute approximate surface area is 164 Å². The van der Waals surface area contributed by atoms with Crippen LogP contribution in [-0.2, 0) is 4.74 Å². The first kappa shape index (κ1) is 19.9. The minimum atomic E-state index is -1.40. The van der Waals surface area contributed by atoms with Crippen molar-refractivity contribution < 1.29 is 4.74 Å². The first-order valence-electron chi connectivity index (χ1n) is 8.42. The second kappa shape index (κ2) is 9.90. The van der Waals surface area contributed by atoms with Gasteiger partial charge in [-0.25, -0.2) is 0 Å². The second-order valence-electron chi connectivity index (χ2n) is 6.81. The average Bonchev–Trinajstić information content (AvgIpc) is 2.60. The molecular weight excluding hydrogens is 444 g/mol. The van der Waals surface area contributed by atoms with Crippen LogP contribution in [0.5, 0.6) is 0 Å². The van der Waals surface area contributed by atoms with Gasteiger partial charge in [-0.05, 0) is 11.5 Å². The summed E-state index contributed by atoms with van der Waals surface area (Å²) in [5, 5.41) is 4.95. The Balaban J connectivity index is 2.25. The Morgan fingerprint density at radius 1 is 0.917 bits per heavy atom. The fraction of sp³-hybridized carbons (Fsp3) is 0.400. The number of benzene rings is 2. The molecule has 0 bridgehead atoms. The van der Waals surface area contributed by atoms with Crippen LogP contribution in [0.2, 0.25) is 5.04 Å². The monoisotopic (exact) mass is 468 g/mol. The summed E-state index contributed by atoms with van der Waals surface area (Å²) >= 11 is 7.10. The van der Waals surface area contributed by atoms with E-state index in [4.69, 9.17) is 4.74 Å². The molecule has 0 fully saturated rings. The summed E-state index contributed by atoms with van der Waals surface area (Å²) in [4.78, 5) is 0. The van der Waals surface area contributed by atoms with Gasteiger partial charge >= 0.3 is 0 Å². The van der Waals surface area contributed by atoms with E-state index in [9.17, 15) is 0 Å². The molecule has 0 aliphatic heterocycles. The molecule has 4 heteroatoms. The van der Waals surface area contributed by atoms with Crippen LogP contribution in [0.4, 0.5) is 0 Å². The summed E-state index contributed by atoms with van der Waals surface area (Å²) in [5.41, 5.74) is 0. The van der Waals surface area contributed by atoms with E-state index in [0.717, 1.165) is 23.7 Å². The third-order valence-corrected chi connectivity index (χ3v) is 9.35. The van der Waals surface area contributed by atoms with Crippen LogP contribution >= 0.6 is 31.9 Å². The van der Waals surface area contributed by atoms with E-state index >= 15 is 0 Å². The maximum atomic E-state index is 6.28. The zero-order chi connectivity index (χ0) is 17.4. The highest BCUT2D eigenvalue weighted by molar-refractivity contribution is 9.09. The predicted octanol–water partition coefficient (Wildman–Crippen LogP) is 4.37. The van der Waals surface area contributed by atoms with Gasteiger partial charge in [-0.1, -0.05) is 117 Å². The van der Waals surface area contributed by atoms with Crippen LogP contribution in [0.25, 0.3) is 0 Å². The summed E-state index contributed by atoms with van der Waals surface area (Å²) in [6, 6.07) is 21.9. The van der Waals surface area contributed by atoms with Gasteiger partial charge in [-0.15, -0.1) is 0 Å². The smallest absolute Gasteiger partial charge is 0.110 e. The number of rotatable bonds is 9. The highest BCUT2D eigenvalue weighted by atomic mass is 79.9. The van der Waals surface area contributed by atoms with Crippen LogP contribution in [0.15, 0.2) is 60.7 Å². The molecule has 0 amide bonds. The molecule has 0 aliphatic carbocycles. The number of alkyl halides is 2. The third kappa shape index (κ3) is 5.55. The Hall–Kier alpha value is -0.423. The van der Waals surface area contributed by atoms with Gasteiger partial charge in [0.15, 0.2) is 0 Å². The lowest BCUT2D eigenvalue weighted by Crippen LogP contribution is -2.51. The number of ether oxygens (including phenoxy) is 1. The fourth-order valence-electron chi connectivity index (χ4n) is 3.13. The predicted molar refractivity (Wildman–Crippen MR) is 115 cm³/mol. The van der Waals surface area contributed by atoms with Crippen molar-refractivity contribution in [3.8, 4) is 0 Å². The van der Waals surface area contributed by atoms with Gasteiger partial charge in [0.1, 0.15) is 8.80 Å². The molecule has 0 unspecified atom stereocenters. The molecular formula is C20H26Br2OSi. The standard InChI is InChI=1S/C20H26Br2OSi/c1-20(2,16-23-17(15-22)13-14-21)24(18-9-5-3-6-10-18)19-11-7-4-8-12-19/h3-12,17,24H,13-16H2,1-2H3/t17-/m1/s1. The molecule has 2 rings (SSSR count). The second-order valence-corrected chi connectivity index (χ2v) is 12.0. The minimum Gasteiger partial charge on any atom is -0.377 e. The number of hydrogen-bond acceptors (Lipinski definition) is 1. The Kier molecular flexibility index (Phi) is 8.21. The van der Waals surface area contributed by atoms with Gasteiger partial charge in [0.05, 0.1) is 12.7 Å². The fourth-order valence-corrected chi connectivity index (χ4v) is 7.82. The van der Waals surface area contributed by atoms with Crippen molar-refractivity contribution in [1.29, 1.82) is 0 Å². The van der Waals surface area contributed by atoms with Crippen LogP contribution < -0.4 is 10.4 Å². The summed E-state index contributed by atoms with van der Waals surface area (Å²) in [7, 11) is -1.40. The summed E-state index contributed by atoms with van der Waals surface area (Å²) < 4.78 is 6.28. The summed E-state index contributed by atoms with van der Waals surface area (Å²) in [6.07, 6.45) is 1.30. The van der Waals surface area contributed by atoms with Crippen molar-refractivity contribution >= 4 is 51.0 Å². The van der Waals surface area contributed by atoms with Gasteiger partial charge in [0, 0.05) is 10.7 Å². The molecule has 0 aromatic heterocycles. The van der Waals surface area contributed by atoms with Crippen molar-refractivity contribution in [3.05, 3.63) is 60.7 Å². The maximum absolute atomic E-state index is 6.28. The maximum Gasteiger partial charge on any atom is 0.110 e. The Bertz CT molecular complexity index is 550. The highest BCUT2D eigenvalue weighted by Gasteiger charge is 2.34. The molecule has 0 heterocycles. The largest absolute Gasteiger partial charge is 0.377 e. The first-order valence-corrected chi connectivity index (χ1v) is 12.4. The molecule has 0 aliphatic rings. The number of hydrogen-bond donors (Lipinski definition) is 0. The van der Waals surface area contributed by atoms with Crippen molar-refractivity contribution in [2.45, 2.75) is 31.4 Å². The number of halogens is 2. The Morgan fingerprint density at radius 2 is 1.42 bits per heavy atom. The third-order valence-electron chi connectivity index (χ3n) is 4.34. The molecule has 130 valence electrons. The minimum absolute atomic E-state index is 0.134. The van der Waals surface area contributed by atoms with E-state index in [2.05, 4.69) is 106 Å². The van der Waals surface area contributed by atoms with Crippen LogP contribution in [0, 0.1) is 0 Å². The van der Waals surface area contributed by atoms with Crippen molar-refractivity contribution in [3.63, 3.8) is 0 Å². The molecule has 0 N–H and O–H groups in total. The van der Waals surface area contributed by atoms with Crippen LogP contribution in [0.3, 0.4) is 0 Å². The molecule has 2 aromatic carbocycles. The lowest BCUT2D eigenvalue weighted by Gasteiger charge is -2.35. The molecule has 24 heavy (non-hydrogen) atoms. The normalized spacial score (nSPS) is 13.2. The van der Waals surface area contributed by atoms with E-state index in [-0.39, 0.29) is 11.1 Å². The Morgan fingerprint density at radius 3 is 1.83 bits per heavy atom. The van der Waals surface area contributed by atoms with Crippen molar-refractivity contribution in [2.24, 2.45) is 0 Å². The van der Waals surface area contributed by atoms with Gasteiger partial charge in [0.25, 0.3) is 0 Å². The topological polar surface area (TPSA) is 9.23 Å². The summed E-state index contributed by atoms with van der Waals surface area (Å²) in [6.45, 7) is 5.52. The van der Waals surface area contributed by atoms with E-state index in [0.29, 0.717) is 0 Å². The summed E-state index contributed by atoms with van der Waals surface area (Å²) in [5.74, 6) is 0. The van der Waals surface area contributed by atoms with Gasteiger partial charge < -0.3 is 4.74 Å². The zero-order valence-corrected chi connectivity index (χ0v) is 18.7. The SMILES string of the molecule is CC(C)(CO[C@@H](CBr)CCBr)[SiH](c1ccccc1)c1ccccc1. The first-order chi connectivity index (χ1) is 11.6. The van der Waals surface area contributed by atoms with Crippen molar-refractivity contribution in [2.75, 3.05) is 17.3 Å². The molecule has 0 radical (unpaired) electrons. The molecule has 0 saturated carbocycles. The van der Waals surface area contributed by atoms with E-state index in [1.807, 2.05) is 0 Å². The molecule has 2 aromatic rings. The van der Waals surface area contributed by atoms with E-state index in [1.54, 1.807) is 0 Å². The van der Waals surface area contributed by atoms with Gasteiger partial charge in [0.2, 0.25) is 0 Å². The van der Waals surface area contributed by atoms with Crippen molar-refractivity contribution in [1.82, 2.24) is 0 Å². The van der Waals surface area contributed by atoms with Gasteiger partial charge in [-0.3, -0.25) is 0 Å². The van der Waals surface area contributed by atoms with Crippen LogP contribution in [-0.4, -0.2) is 32.2 Å². The lowest BCUT2D eigenvalue weighted by atomic mass is 10.2. The van der Waals surface area contributed by atoms with Crippen LogP contribution in [0.1, 0.15) is 20.3 Å². The molecule has 0 saturated heterocycles. The van der Waals surface area contributed by atoms with E-state index in [1.165, 1.54) is 10.4 Å². The molecule has 1 nitrogen and oxygen atoms in total.